The maximum absolute atomic E-state index is 4.06. The van der Waals surface area contributed by atoms with Crippen LogP contribution in [0.5, 0.6) is 0 Å². The summed E-state index contributed by atoms with van der Waals surface area (Å²) in [5.41, 5.74) is 3.79. The van der Waals surface area contributed by atoms with E-state index in [9.17, 15) is 0 Å². The molecule has 2 aromatic rings. The second-order valence-corrected chi connectivity index (χ2v) is 7.31. The van der Waals surface area contributed by atoms with Gasteiger partial charge in [-0.2, -0.15) is 0 Å². The summed E-state index contributed by atoms with van der Waals surface area (Å²) in [5.74, 6) is 0. The van der Waals surface area contributed by atoms with Crippen molar-refractivity contribution in [3.8, 4) is 0 Å². The van der Waals surface area contributed by atoms with Crippen LogP contribution in [-0.2, 0) is 0 Å². The van der Waals surface area contributed by atoms with Crippen LogP contribution in [0.4, 0.5) is 5.69 Å². The summed E-state index contributed by atoms with van der Waals surface area (Å²) >= 11 is 0. The quantitative estimate of drug-likeness (QED) is 0.349. The van der Waals surface area contributed by atoms with E-state index in [1.165, 1.54) is 81.3 Å². The topological polar surface area (TPSA) is 16.1 Å². The smallest absolute Gasteiger partial charge is 0.0366 e. The number of aromatic nitrogens is 1. The van der Waals surface area contributed by atoms with E-state index in [0.717, 1.165) is 0 Å². The number of pyridine rings is 1. The third-order valence-electron chi connectivity index (χ3n) is 5.00. The molecule has 0 aliphatic rings. The van der Waals surface area contributed by atoms with E-state index in [2.05, 4.69) is 60.1 Å². The number of hydrogen-bond acceptors (Lipinski definition) is 2. The van der Waals surface area contributed by atoms with Gasteiger partial charge in [0.05, 0.1) is 0 Å². The lowest BCUT2D eigenvalue weighted by Gasteiger charge is -2.25. The fraction of sp³-hybridized carbons (Fsp3) is 0.480. The second-order valence-electron chi connectivity index (χ2n) is 7.31. The molecule has 0 fully saturated rings. The van der Waals surface area contributed by atoms with Gasteiger partial charge in [0.15, 0.2) is 0 Å². The van der Waals surface area contributed by atoms with Crippen LogP contribution in [0, 0.1) is 0 Å². The third kappa shape index (κ3) is 8.43. The van der Waals surface area contributed by atoms with E-state index in [0.29, 0.717) is 0 Å². The van der Waals surface area contributed by atoms with E-state index < -0.39 is 0 Å². The molecule has 0 radical (unpaired) electrons. The average Bonchev–Trinajstić information content (AvgIpc) is 2.72. The summed E-state index contributed by atoms with van der Waals surface area (Å²) in [6.45, 7) is 6.91. The van der Waals surface area contributed by atoms with Gasteiger partial charge in [-0.05, 0) is 48.2 Å². The first-order valence-electron chi connectivity index (χ1n) is 10.8. The summed E-state index contributed by atoms with van der Waals surface area (Å²) in [6.07, 6.45) is 18.6. The lowest BCUT2D eigenvalue weighted by molar-refractivity contribution is 0.609. The van der Waals surface area contributed by atoms with Crippen molar-refractivity contribution in [2.24, 2.45) is 0 Å². The third-order valence-corrected chi connectivity index (χ3v) is 5.00. The molecule has 0 unspecified atom stereocenters. The first-order chi connectivity index (χ1) is 13.3. The zero-order chi connectivity index (χ0) is 19.2. The van der Waals surface area contributed by atoms with Crippen LogP contribution in [-0.4, -0.2) is 18.1 Å². The number of unbranched alkanes of at least 4 members (excludes halogenated alkanes) is 6. The molecule has 0 spiro atoms. The van der Waals surface area contributed by atoms with Crippen molar-refractivity contribution < 1.29 is 0 Å². The Morgan fingerprint density at radius 1 is 0.667 bits per heavy atom. The Morgan fingerprint density at radius 3 is 1.70 bits per heavy atom. The highest BCUT2D eigenvalue weighted by atomic mass is 15.1. The Hall–Kier alpha value is -2.09. The molecule has 1 aromatic heterocycles. The van der Waals surface area contributed by atoms with E-state index in [1.54, 1.807) is 0 Å². The van der Waals surface area contributed by atoms with Gasteiger partial charge >= 0.3 is 0 Å². The van der Waals surface area contributed by atoms with Crippen LogP contribution in [0.15, 0.2) is 48.8 Å². The van der Waals surface area contributed by atoms with E-state index in [-0.39, 0.29) is 0 Å². The molecule has 2 heteroatoms. The summed E-state index contributed by atoms with van der Waals surface area (Å²) in [6, 6.07) is 13.1. The zero-order valence-electron chi connectivity index (χ0n) is 17.2. The molecular weight excluding hydrogens is 328 g/mol. The SMILES string of the molecule is CCCCCCN(CCCCCC)c1ccc(C=Cc2ccncc2)cc1. The van der Waals surface area contributed by atoms with Gasteiger partial charge in [-0.3, -0.25) is 4.98 Å². The van der Waals surface area contributed by atoms with Crippen LogP contribution in [0.2, 0.25) is 0 Å². The highest BCUT2D eigenvalue weighted by molar-refractivity contribution is 5.70. The summed E-state index contributed by atoms with van der Waals surface area (Å²) in [4.78, 5) is 6.65. The fourth-order valence-electron chi connectivity index (χ4n) is 3.29. The molecule has 0 bridgehead atoms. The van der Waals surface area contributed by atoms with Crippen LogP contribution in [0.1, 0.15) is 76.3 Å². The summed E-state index contributed by atoms with van der Waals surface area (Å²) in [7, 11) is 0. The molecule has 2 rings (SSSR count). The summed E-state index contributed by atoms with van der Waals surface area (Å²) < 4.78 is 0. The Labute approximate surface area is 166 Å². The minimum absolute atomic E-state index is 1.18. The van der Waals surface area contributed by atoms with E-state index in [1.807, 2.05) is 24.5 Å². The molecule has 2 nitrogen and oxygen atoms in total. The molecule has 146 valence electrons. The van der Waals surface area contributed by atoms with Crippen molar-refractivity contribution in [2.75, 3.05) is 18.0 Å². The van der Waals surface area contributed by atoms with Gasteiger partial charge in [0.1, 0.15) is 0 Å². The molecule has 0 saturated carbocycles. The predicted octanol–water partition coefficient (Wildman–Crippen LogP) is 7.22. The van der Waals surface area contributed by atoms with E-state index >= 15 is 0 Å². The van der Waals surface area contributed by atoms with Crippen molar-refractivity contribution >= 4 is 17.8 Å². The lowest BCUT2D eigenvalue weighted by Crippen LogP contribution is -2.25. The van der Waals surface area contributed by atoms with Gasteiger partial charge in [-0.15, -0.1) is 0 Å². The van der Waals surface area contributed by atoms with Crippen molar-refractivity contribution in [3.63, 3.8) is 0 Å². The number of nitrogens with zero attached hydrogens (tertiary/aromatic N) is 2. The van der Waals surface area contributed by atoms with E-state index in [4.69, 9.17) is 0 Å². The summed E-state index contributed by atoms with van der Waals surface area (Å²) in [5, 5.41) is 0. The number of benzene rings is 1. The normalized spacial score (nSPS) is 11.2. The number of anilines is 1. The monoisotopic (exact) mass is 364 g/mol. The predicted molar refractivity (Wildman–Crippen MR) is 120 cm³/mol. The van der Waals surface area contributed by atoms with Crippen LogP contribution < -0.4 is 4.90 Å². The minimum Gasteiger partial charge on any atom is -0.372 e. The Bertz CT molecular complexity index is 619. The first kappa shape index (κ1) is 21.2. The maximum Gasteiger partial charge on any atom is 0.0366 e. The molecule has 0 aliphatic heterocycles. The maximum atomic E-state index is 4.06. The molecule has 0 saturated heterocycles. The molecule has 1 aromatic carbocycles. The van der Waals surface area contributed by atoms with Gasteiger partial charge in [-0.25, -0.2) is 0 Å². The van der Waals surface area contributed by atoms with Gasteiger partial charge in [0, 0.05) is 31.2 Å². The molecule has 27 heavy (non-hydrogen) atoms. The number of rotatable bonds is 13. The Morgan fingerprint density at radius 2 is 1.19 bits per heavy atom. The van der Waals surface area contributed by atoms with Gasteiger partial charge in [0.25, 0.3) is 0 Å². The van der Waals surface area contributed by atoms with Crippen LogP contribution in [0.3, 0.4) is 0 Å². The Balaban J connectivity index is 1.95. The van der Waals surface area contributed by atoms with Crippen LogP contribution in [0.25, 0.3) is 12.2 Å². The van der Waals surface area contributed by atoms with Crippen LogP contribution >= 0.6 is 0 Å². The molecule has 0 N–H and O–H groups in total. The Kier molecular flexibility index (Phi) is 10.3. The average molecular weight is 365 g/mol. The fourth-order valence-corrected chi connectivity index (χ4v) is 3.29. The standard InChI is InChI=1S/C25H36N2/c1-3-5-7-9-21-27(22-10-8-6-4-2)25-15-13-23(14-16-25)11-12-24-17-19-26-20-18-24/h11-20H,3-10,21-22H2,1-2H3. The van der Waals surface area contributed by atoms with Crippen molar-refractivity contribution in [2.45, 2.75) is 65.2 Å². The van der Waals surface area contributed by atoms with Crippen molar-refractivity contribution in [1.29, 1.82) is 0 Å². The second kappa shape index (κ2) is 13.1. The lowest BCUT2D eigenvalue weighted by atomic mass is 10.1. The molecule has 1 heterocycles. The zero-order valence-corrected chi connectivity index (χ0v) is 17.2. The van der Waals surface area contributed by atoms with Gasteiger partial charge in [-0.1, -0.05) is 76.7 Å². The molecule has 0 amide bonds. The largest absolute Gasteiger partial charge is 0.372 e. The molecule has 0 aliphatic carbocycles. The molecule has 0 atom stereocenters. The van der Waals surface area contributed by atoms with Crippen molar-refractivity contribution in [1.82, 2.24) is 4.98 Å². The number of hydrogen-bond donors (Lipinski definition) is 0. The molecular formula is C25H36N2. The van der Waals surface area contributed by atoms with Gasteiger partial charge in [0.2, 0.25) is 0 Å². The minimum atomic E-state index is 1.18. The van der Waals surface area contributed by atoms with Gasteiger partial charge < -0.3 is 4.90 Å². The first-order valence-corrected chi connectivity index (χ1v) is 10.8. The highest BCUT2D eigenvalue weighted by Gasteiger charge is 2.06. The highest BCUT2D eigenvalue weighted by Crippen LogP contribution is 2.19. The van der Waals surface area contributed by atoms with Crippen molar-refractivity contribution in [3.05, 3.63) is 59.9 Å².